The van der Waals surface area contributed by atoms with Crippen molar-refractivity contribution < 1.29 is 24.9 Å². The van der Waals surface area contributed by atoms with Crippen LogP contribution in [0.1, 0.15) is 22.5 Å². The highest BCUT2D eigenvalue weighted by Crippen LogP contribution is 2.31. The molecule has 1 aromatic rings. The lowest BCUT2D eigenvalue weighted by Crippen LogP contribution is -2.32. The Hall–Kier alpha value is -1.55. The summed E-state index contributed by atoms with van der Waals surface area (Å²) in [6, 6.07) is 0. The van der Waals surface area contributed by atoms with E-state index in [1.54, 1.807) is 0 Å². The van der Waals surface area contributed by atoms with Crippen molar-refractivity contribution in [2.75, 3.05) is 6.61 Å². The van der Waals surface area contributed by atoms with Gasteiger partial charge in [-0.1, -0.05) is 0 Å². The SMILES string of the molecule is NC(=O)c1n[nH]c([C@@H]2O[C@H](CO)[C@@H](O)[C@H]2O)n1. The second-order valence-electron chi connectivity index (χ2n) is 3.67. The van der Waals surface area contributed by atoms with Gasteiger partial charge >= 0.3 is 0 Å². The molecule has 1 saturated heterocycles. The van der Waals surface area contributed by atoms with E-state index in [1.165, 1.54) is 0 Å². The van der Waals surface area contributed by atoms with Crippen LogP contribution in [0.25, 0.3) is 0 Å². The third-order valence-electron chi connectivity index (χ3n) is 2.53. The first-order valence-electron chi connectivity index (χ1n) is 4.89. The molecule has 1 fully saturated rings. The van der Waals surface area contributed by atoms with Crippen LogP contribution in [0.4, 0.5) is 0 Å². The molecule has 0 saturated carbocycles. The van der Waals surface area contributed by atoms with E-state index < -0.39 is 36.9 Å². The smallest absolute Gasteiger partial charge is 0.288 e. The number of amides is 1. The molecule has 0 bridgehead atoms. The molecule has 0 radical (unpaired) electrons. The molecule has 17 heavy (non-hydrogen) atoms. The molecule has 0 spiro atoms. The Bertz CT molecular complexity index is 422. The number of nitrogens with two attached hydrogens (primary N) is 1. The summed E-state index contributed by atoms with van der Waals surface area (Å²) in [5.74, 6) is -0.988. The minimum Gasteiger partial charge on any atom is -0.394 e. The van der Waals surface area contributed by atoms with E-state index in [-0.39, 0.29) is 11.6 Å². The standard InChI is InChI=1S/C8H12N4O5/c9-6(16)8-10-7(11-12-8)5-4(15)3(14)2(1-13)17-5/h2-5,13-15H,1H2,(H2,9,16)(H,10,11,12)/t2-,3-,4-,5-/m1/s1. The number of nitrogens with zero attached hydrogens (tertiary/aromatic N) is 2. The zero-order valence-corrected chi connectivity index (χ0v) is 8.65. The van der Waals surface area contributed by atoms with Gasteiger partial charge in [0, 0.05) is 0 Å². The number of ether oxygens (including phenoxy) is 1. The van der Waals surface area contributed by atoms with Crippen molar-refractivity contribution in [3.05, 3.63) is 11.6 Å². The number of hydrogen-bond acceptors (Lipinski definition) is 7. The molecule has 1 aliphatic rings. The molecule has 9 heteroatoms. The van der Waals surface area contributed by atoms with E-state index in [4.69, 9.17) is 15.6 Å². The molecule has 9 nitrogen and oxygen atoms in total. The van der Waals surface area contributed by atoms with Crippen LogP contribution in [0.2, 0.25) is 0 Å². The lowest BCUT2D eigenvalue weighted by molar-refractivity contribution is -0.0252. The number of aliphatic hydroxyl groups is 3. The molecule has 0 unspecified atom stereocenters. The normalized spacial score (nSPS) is 32.9. The molecule has 1 amide bonds. The van der Waals surface area contributed by atoms with E-state index in [1.807, 2.05) is 0 Å². The second kappa shape index (κ2) is 4.37. The van der Waals surface area contributed by atoms with Crippen LogP contribution in [0, 0.1) is 0 Å². The highest BCUT2D eigenvalue weighted by atomic mass is 16.6. The van der Waals surface area contributed by atoms with Crippen molar-refractivity contribution >= 4 is 5.91 Å². The molecule has 0 aliphatic carbocycles. The molecule has 6 N–H and O–H groups in total. The van der Waals surface area contributed by atoms with E-state index in [0.29, 0.717) is 0 Å². The number of H-pyrrole nitrogens is 1. The van der Waals surface area contributed by atoms with Crippen LogP contribution in [0.3, 0.4) is 0 Å². The van der Waals surface area contributed by atoms with Crippen LogP contribution in [0.5, 0.6) is 0 Å². The lowest BCUT2D eigenvalue weighted by atomic mass is 10.1. The summed E-state index contributed by atoms with van der Waals surface area (Å²) in [6.07, 6.45) is -4.38. The molecule has 1 aromatic heterocycles. The van der Waals surface area contributed by atoms with Crippen molar-refractivity contribution in [1.29, 1.82) is 0 Å². The summed E-state index contributed by atoms with van der Waals surface area (Å²) in [4.78, 5) is 14.5. The van der Waals surface area contributed by atoms with Crippen LogP contribution in [0.15, 0.2) is 0 Å². The average Bonchev–Trinajstić information content (AvgIpc) is 2.87. The summed E-state index contributed by atoms with van der Waals surface area (Å²) in [7, 11) is 0. The second-order valence-corrected chi connectivity index (χ2v) is 3.67. The van der Waals surface area contributed by atoms with Crippen molar-refractivity contribution in [2.45, 2.75) is 24.4 Å². The highest BCUT2D eigenvalue weighted by molar-refractivity contribution is 5.88. The Labute approximate surface area is 95.2 Å². The number of rotatable bonds is 3. The molecule has 0 aromatic carbocycles. The van der Waals surface area contributed by atoms with Gasteiger partial charge in [0.2, 0.25) is 5.82 Å². The molecule has 1 aliphatic heterocycles. The predicted molar refractivity (Wildman–Crippen MR) is 51.6 cm³/mol. The summed E-state index contributed by atoms with van der Waals surface area (Å²) in [5, 5.41) is 34.0. The third kappa shape index (κ3) is 2.00. The number of primary amides is 1. The fourth-order valence-corrected chi connectivity index (χ4v) is 1.64. The first kappa shape index (κ1) is 11.9. The zero-order chi connectivity index (χ0) is 12.6. The van der Waals surface area contributed by atoms with Crippen LogP contribution >= 0.6 is 0 Å². The number of hydrogen-bond donors (Lipinski definition) is 5. The Balaban J connectivity index is 2.19. The summed E-state index contributed by atoms with van der Waals surface area (Å²) >= 11 is 0. The molecule has 2 rings (SSSR count). The summed E-state index contributed by atoms with van der Waals surface area (Å²) in [5.41, 5.74) is 4.96. The van der Waals surface area contributed by atoms with Gasteiger partial charge in [0.05, 0.1) is 6.61 Å². The highest BCUT2D eigenvalue weighted by Gasteiger charge is 2.44. The van der Waals surface area contributed by atoms with Gasteiger partial charge in [-0.25, -0.2) is 4.98 Å². The van der Waals surface area contributed by atoms with Crippen molar-refractivity contribution in [1.82, 2.24) is 15.2 Å². The van der Waals surface area contributed by atoms with E-state index >= 15 is 0 Å². The monoisotopic (exact) mass is 244 g/mol. The molecule has 2 heterocycles. The van der Waals surface area contributed by atoms with Crippen molar-refractivity contribution in [3.8, 4) is 0 Å². The maximum Gasteiger partial charge on any atom is 0.288 e. The first-order valence-corrected chi connectivity index (χ1v) is 4.89. The lowest BCUT2D eigenvalue weighted by Gasteiger charge is -2.10. The maximum atomic E-state index is 10.8. The van der Waals surface area contributed by atoms with Gasteiger partial charge in [0.25, 0.3) is 5.91 Å². The Kier molecular flexibility index (Phi) is 3.07. The quantitative estimate of drug-likeness (QED) is 0.381. The van der Waals surface area contributed by atoms with E-state index in [0.717, 1.165) is 0 Å². The van der Waals surface area contributed by atoms with Crippen LogP contribution in [-0.2, 0) is 4.74 Å². The minimum absolute atomic E-state index is 0.0706. The maximum absolute atomic E-state index is 10.8. The topological polar surface area (TPSA) is 155 Å². The van der Waals surface area contributed by atoms with Gasteiger partial charge in [-0.15, -0.1) is 5.10 Å². The molecular formula is C8H12N4O5. The average molecular weight is 244 g/mol. The van der Waals surface area contributed by atoms with Crippen LogP contribution < -0.4 is 5.73 Å². The number of nitrogens with one attached hydrogen (secondary N) is 1. The summed E-state index contributed by atoms with van der Waals surface area (Å²) in [6.45, 7) is -0.439. The van der Waals surface area contributed by atoms with Gasteiger partial charge < -0.3 is 25.8 Å². The molecule has 94 valence electrons. The Morgan fingerprint density at radius 3 is 2.65 bits per heavy atom. The van der Waals surface area contributed by atoms with Crippen LogP contribution in [-0.4, -0.2) is 61.3 Å². The molecular weight excluding hydrogens is 232 g/mol. The summed E-state index contributed by atoms with van der Waals surface area (Å²) < 4.78 is 5.18. The van der Waals surface area contributed by atoms with Gasteiger partial charge in [-0.2, -0.15) is 0 Å². The van der Waals surface area contributed by atoms with E-state index in [2.05, 4.69) is 15.2 Å². The fourth-order valence-electron chi connectivity index (χ4n) is 1.64. The van der Waals surface area contributed by atoms with Gasteiger partial charge in [0.1, 0.15) is 24.4 Å². The number of aliphatic hydroxyl groups excluding tert-OH is 3. The van der Waals surface area contributed by atoms with E-state index in [9.17, 15) is 15.0 Å². The minimum atomic E-state index is -1.26. The van der Waals surface area contributed by atoms with Crippen molar-refractivity contribution in [3.63, 3.8) is 0 Å². The number of carbonyl (C=O) groups excluding carboxylic acids is 1. The largest absolute Gasteiger partial charge is 0.394 e. The number of aromatic amines is 1. The zero-order valence-electron chi connectivity index (χ0n) is 8.65. The Morgan fingerprint density at radius 1 is 1.47 bits per heavy atom. The third-order valence-corrected chi connectivity index (χ3v) is 2.53. The number of carbonyl (C=O) groups is 1. The molecule has 4 atom stereocenters. The van der Waals surface area contributed by atoms with Gasteiger partial charge in [-0.05, 0) is 0 Å². The fraction of sp³-hybridized carbons (Fsp3) is 0.625. The van der Waals surface area contributed by atoms with Gasteiger partial charge in [-0.3, -0.25) is 9.89 Å². The predicted octanol–water partition coefficient (Wildman–Crippen LogP) is -2.94. The first-order chi connectivity index (χ1) is 8.04. The Morgan fingerprint density at radius 2 is 2.18 bits per heavy atom. The number of aromatic nitrogens is 3. The van der Waals surface area contributed by atoms with Crippen molar-refractivity contribution in [2.24, 2.45) is 5.73 Å². The van der Waals surface area contributed by atoms with Gasteiger partial charge in [0.15, 0.2) is 5.82 Å².